The molecule has 2 saturated carbocycles. The second kappa shape index (κ2) is 31.4. The number of carbonyl (C=O) groups is 12. The number of nitrogens with one attached hydrogen (secondary N) is 3. The topological polar surface area (TPSA) is 279 Å². The van der Waals surface area contributed by atoms with Crippen LogP contribution in [0.2, 0.25) is 0 Å². The van der Waals surface area contributed by atoms with Gasteiger partial charge in [0.05, 0.1) is 57.9 Å². The fourth-order valence-electron chi connectivity index (χ4n) is 14.0. The first-order chi connectivity index (χ1) is 41.6. The van der Waals surface area contributed by atoms with Crippen molar-refractivity contribution in [3.63, 3.8) is 0 Å². The minimum atomic E-state index is -1.46. The lowest BCUT2D eigenvalue weighted by atomic mass is 9.84. The molecule has 4 aliphatic heterocycles. The fraction of sp³-hybridized carbons (Fsp3) is 0.810. The highest BCUT2D eigenvalue weighted by molar-refractivity contribution is 6.00. The van der Waals surface area contributed by atoms with Gasteiger partial charge >= 0.3 is 0 Å². The Bertz CT molecular complexity index is 2540. The van der Waals surface area contributed by atoms with Gasteiger partial charge in [-0.15, -0.1) is 0 Å². The summed E-state index contributed by atoms with van der Waals surface area (Å²) < 4.78 is 5.84. The lowest BCUT2D eigenvalue weighted by Crippen LogP contribution is -2.65. The minimum Gasteiger partial charge on any atom is -0.377 e. The van der Waals surface area contributed by atoms with Crippen LogP contribution in [0.25, 0.3) is 0 Å². The Hall–Kier alpha value is -6.40. The molecular weight excluding hydrogens is 1130 g/mol. The van der Waals surface area contributed by atoms with Crippen LogP contribution >= 0.6 is 0 Å². The number of likely N-dealkylation sites (N-methyl/N-ethyl adjacent to an activating group) is 7. The normalized spacial score (nSPS) is 29.2. The van der Waals surface area contributed by atoms with E-state index in [2.05, 4.69) is 16.0 Å². The maximum Gasteiger partial charge on any atom is 0.248 e. The summed E-state index contributed by atoms with van der Waals surface area (Å²) in [6, 6.07) is -7.51. The third kappa shape index (κ3) is 16.7. The van der Waals surface area contributed by atoms with Crippen molar-refractivity contribution in [3.05, 3.63) is 0 Å². The first-order valence-electron chi connectivity index (χ1n) is 32.4. The molecule has 3 N–H and O–H groups in total. The van der Waals surface area contributed by atoms with Crippen LogP contribution in [0.3, 0.4) is 0 Å². The zero-order valence-corrected chi connectivity index (χ0v) is 54.9. The van der Waals surface area contributed by atoms with Gasteiger partial charge in [0.1, 0.15) is 41.8 Å². The molecule has 4 heterocycles. The summed E-state index contributed by atoms with van der Waals surface area (Å²) >= 11 is 0. The molecular formula is C63H104N12O13. The zero-order chi connectivity index (χ0) is 65.1. The van der Waals surface area contributed by atoms with E-state index in [-0.39, 0.29) is 69.4 Å². The summed E-state index contributed by atoms with van der Waals surface area (Å²) in [4.78, 5) is 187. The highest BCUT2D eigenvalue weighted by Gasteiger charge is 2.51. The maximum atomic E-state index is 15.5. The molecule has 0 radical (unpaired) electrons. The van der Waals surface area contributed by atoms with E-state index < -0.39 is 157 Å². The number of rotatable bonds is 9. The van der Waals surface area contributed by atoms with Crippen molar-refractivity contribution in [3.8, 4) is 0 Å². The summed E-state index contributed by atoms with van der Waals surface area (Å²) in [5.41, 5.74) is -1.46. The molecule has 0 aromatic carbocycles. The lowest BCUT2D eigenvalue weighted by molar-refractivity contribution is -0.159. The van der Waals surface area contributed by atoms with Crippen LogP contribution in [0, 0.1) is 23.7 Å². The van der Waals surface area contributed by atoms with Gasteiger partial charge in [-0.2, -0.15) is 0 Å². The lowest BCUT2D eigenvalue weighted by Gasteiger charge is -2.43. The Kier molecular flexibility index (Phi) is 25.2. The molecule has 12 amide bonds. The number of hydrogen-bond donors (Lipinski definition) is 3. The van der Waals surface area contributed by atoms with Gasteiger partial charge in [0, 0.05) is 55.9 Å². The minimum absolute atomic E-state index is 0.114. The molecule has 25 nitrogen and oxygen atoms in total. The molecule has 8 unspecified atom stereocenters. The van der Waals surface area contributed by atoms with Crippen LogP contribution in [0.5, 0.6) is 0 Å². The van der Waals surface area contributed by atoms with Crippen molar-refractivity contribution in [1.29, 1.82) is 0 Å². The van der Waals surface area contributed by atoms with Gasteiger partial charge in [0.2, 0.25) is 70.9 Å². The average Bonchev–Trinajstić information content (AvgIpc) is 2.76. The van der Waals surface area contributed by atoms with E-state index in [9.17, 15) is 38.4 Å². The molecule has 2 bridgehead atoms. The predicted molar refractivity (Wildman–Crippen MR) is 327 cm³/mol. The van der Waals surface area contributed by atoms with Crippen molar-refractivity contribution in [1.82, 2.24) is 60.0 Å². The van der Waals surface area contributed by atoms with E-state index >= 15 is 19.2 Å². The third-order valence-corrected chi connectivity index (χ3v) is 20.0. The number of ether oxygens (including phenoxy) is 1. The predicted octanol–water partition coefficient (Wildman–Crippen LogP) is 1.59. The first-order valence-corrected chi connectivity index (χ1v) is 32.4. The number of nitrogens with zero attached hydrogens (tertiary/aromatic N) is 9. The second-order valence-electron chi connectivity index (χ2n) is 26.8. The molecule has 2 aliphatic carbocycles. The quantitative estimate of drug-likeness (QED) is 0.296. The summed E-state index contributed by atoms with van der Waals surface area (Å²) in [7, 11) is 10.2. The average molecular weight is 1240 g/mol. The number of morpholine rings is 1. The van der Waals surface area contributed by atoms with Gasteiger partial charge in [-0.1, -0.05) is 99.3 Å². The van der Waals surface area contributed by atoms with Crippen LogP contribution in [0.15, 0.2) is 0 Å². The van der Waals surface area contributed by atoms with Crippen molar-refractivity contribution in [2.75, 3.05) is 95.3 Å². The first kappa shape index (κ1) is 70.7. The van der Waals surface area contributed by atoms with Crippen LogP contribution in [0.1, 0.15) is 157 Å². The van der Waals surface area contributed by atoms with E-state index in [1.54, 1.807) is 11.8 Å². The molecule has 4 saturated heterocycles. The molecule has 88 heavy (non-hydrogen) atoms. The SMILES string of the molecule is CC[C@H](C)C1NC(=O)C(CC(C)C)N(C)C(=O)CC(C(=O)N2C3CCC2COC3)N(C)C(=O)C([C@@H](C)CC)N(C)C(=O)C2(CCCC2)NC(=O)C2CCCN2C(=O)CNC(=O)CN(C)C(=O)C(CC2CCCCC2)N(C)C(=O)CN(C)C(=O)CN(C)C1=O. The zero-order valence-electron chi connectivity index (χ0n) is 54.9. The van der Waals surface area contributed by atoms with Crippen molar-refractivity contribution < 1.29 is 62.3 Å². The standard InChI is InChI=1S/C63H104N12O13/c1-14-40(5)54-60(85)69(9)35-52(79)67(7)36-53(80)71(11)47(31-42-22-17-16-18-23-42)58(83)68(8)34-49(76)64-33-51(78)74-29-21-24-45(74)57(82)66-63(27-19-20-28-63)62(87)73(13)55(41(6)15-2)61(86)72(12)48(59(84)75-43-25-26-44(75)38-88-37-43)32-50(77)70(10)46(30-39(3)4)56(81)65-54/h39-48,54-55H,14-38H2,1-13H3,(H,64,76)(H,65,81)(H,66,82)/t40-,41-,43?,44?,45?,46?,47?,48?,54?,55?/m0/s1. The maximum absolute atomic E-state index is 15.5. The van der Waals surface area contributed by atoms with Crippen molar-refractivity contribution in [2.24, 2.45) is 23.7 Å². The summed E-state index contributed by atoms with van der Waals surface area (Å²) in [6.07, 6.45) is 9.19. The molecule has 0 aromatic heterocycles. The molecule has 10 atom stereocenters. The summed E-state index contributed by atoms with van der Waals surface area (Å²) in [5, 5.41) is 8.59. The molecule has 25 heteroatoms. The third-order valence-electron chi connectivity index (χ3n) is 20.0. The Morgan fingerprint density at radius 1 is 0.591 bits per heavy atom. The number of fused-ring (bicyclic) bond motifs is 3. The number of carbonyl (C=O) groups excluding carboxylic acids is 12. The van der Waals surface area contributed by atoms with E-state index in [1.807, 2.05) is 34.6 Å². The Morgan fingerprint density at radius 2 is 1.18 bits per heavy atom. The van der Waals surface area contributed by atoms with Crippen molar-refractivity contribution >= 4 is 70.9 Å². The molecule has 6 fully saturated rings. The Morgan fingerprint density at radius 3 is 1.78 bits per heavy atom. The molecule has 1 spiro atoms. The monoisotopic (exact) mass is 1240 g/mol. The summed E-state index contributed by atoms with van der Waals surface area (Å²) in [5.74, 6) is -7.91. The fourth-order valence-corrected chi connectivity index (χ4v) is 14.0. The Balaban J connectivity index is 1.37. The van der Waals surface area contributed by atoms with Crippen LogP contribution < -0.4 is 16.0 Å². The number of hydrogen-bond acceptors (Lipinski definition) is 13. The van der Waals surface area contributed by atoms with E-state index in [4.69, 9.17) is 4.74 Å². The molecule has 6 aliphatic rings. The molecule has 494 valence electrons. The van der Waals surface area contributed by atoms with Crippen molar-refractivity contribution in [2.45, 2.75) is 211 Å². The highest BCUT2D eigenvalue weighted by Crippen LogP contribution is 2.36. The van der Waals surface area contributed by atoms with Gasteiger partial charge in [-0.05, 0) is 75.0 Å². The van der Waals surface area contributed by atoms with Crippen LogP contribution in [0.4, 0.5) is 0 Å². The summed E-state index contributed by atoms with van der Waals surface area (Å²) in [6.45, 7) is 9.97. The smallest absolute Gasteiger partial charge is 0.248 e. The van der Waals surface area contributed by atoms with Gasteiger partial charge in [-0.3, -0.25) is 57.5 Å². The highest BCUT2D eigenvalue weighted by atomic mass is 16.5. The van der Waals surface area contributed by atoms with E-state index in [0.717, 1.165) is 37.0 Å². The van der Waals surface area contributed by atoms with Gasteiger partial charge < -0.3 is 64.8 Å². The van der Waals surface area contributed by atoms with E-state index in [0.29, 0.717) is 51.4 Å². The van der Waals surface area contributed by atoms with Crippen LogP contribution in [-0.4, -0.2) is 264 Å². The Labute approximate surface area is 521 Å². The van der Waals surface area contributed by atoms with E-state index in [1.165, 1.54) is 83.6 Å². The largest absolute Gasteiger partial charge is 0.377 e. The molecule has 0 aromatic rings. The van der Waals surface area contributed by atoms with Crippen LogP contribution in [-0.2, 0) is 62.3 Å². The number of amides is 12. The second-order valence-corrected chi connectivity index (χ2v) is 26.8. The van der Waals surface area contributed by atoms with Gasteiger partial charge in [0.25, 0.3) is 0 Å². The molecule has 6 rings (SSSR count). The van der Waals surface area contributed by atoms with Gasteiger partial charge in [0.15, 0.2) is 0 Å². The van der Waals surface area contributed by atoms with Gasteiger partial charge in [-0.25, -0.2) is 0 Å².